The number of carbonyl (C=O) groups is 1. The summed E-state index contributed by atoms with van der Waals surface area (Å²) in [7, 11) is 0. The molecule has 0 aromatic rings. The van der Waals surface area contributed by atoms with Crippen molar-refractivity contribution >= 4 is 5.78 Å². The van der Waals surface area contributed by atoms with Crippen LogP contribution < -0.4 is 0 Å². The lowest BCUT2D eigenvalue weighted by atomic mass is 9.89. The van der Waals surface area contributed by atoms with Gasteiger partial charge in [0.05, 0.1) is 0 Å². The first-order chi connectivity index (χ1) is 5.13. The number of carbonyl (C=O) groups excluding carboxylic acids is 1. The van der Waals surface area contributed by atoms with Crippen molar-refractivity contribution in [2.75, 3.05) is 0 Å². The van der Waals surface area contributed by atoms with E-state index in [4.69, 9.17) is 5.11 Å². The van der Waals surface area contributed by atoms with Crippen molar-refractivity contribution in [1.29, 1.82) is 0 Å². The number of halogens is 1. The highest BCUT2D eigenvalue weighted by Gasteiger charge is 2.49. The van der Waals surface area contributed by atoms with Crippen molar-refractivity contribution in [3.05, 3.63) is 11.6 Å². The molecule has 2 nitrogen and oxygen atoms in total. The van der Waals surface area contributed by atoms with Crippen LogP contribution in [0.3, 0.4) is 0 Å². The van der Waals surface area contributed by atoms with E-state index in [1.807, 2.05) is 0 Å². The van der Waals surface area contributed by atoms with Crippen LogP contribution in [-0.4, -0.2) is 10.9 Å². The molecule has 0 bridgehead atoms. The van der Waals surface area contributed by atoms with E-state index in [2.05, 4.69) is 0 Å². The third kappa shape index (κ3) is 0.951. The molecule has 1 fully saturated rings. The number of hydrogen-bond donors (Lipinski definition) is 1. The molecule has 3 heteroatoms. The fraction of sp³-hybridized carbons (Fsp3) is 0.625. The summed E-state index contributed by atoms with van der Waals surface area (Å²) in [5.41, 5.74) is -0.0449. The number of rotatable bonds is 0. The molecule has 0 aliphatic heterocycles. The van der Waals surface area contributed by atoms with Crippen molar-refractivity contribution in [3.8, 4) is 0 Å². The maximum Gasteiger partial charge on any atom is 0.203 e. The molecule has 1 spiro atoms. The Hall–Kier alpha value is -0.860. The van der Waals surface area contributed by atoms with Crippen molar-refractivity contribution in [3.63, 3.8) is 0 Å². The standard InChI is InChI=1S/C8H9FO2/c9-7-5(10)3-8(1-2-8)4-6(7)11/h10H,1-4H2. The number of ketones is 1. The van der Waals surface area contributed by atoms with E-state index in [-0.39, 0.29) is 11.2 Å². The zero-order valence-electron chi connectivity index (χ0n) is 6.06. The zero-order valence-corrected chi connectivity index (χ0v) is 6.06. The highest BCUT2D eigenvalue weighted by atomic mass is 19.1. The molecule has 2 aliphatic carbocycles. The first kappa shape index (κ1) is 6.83. The Labute approximate surface area is 63.7 Å². The number of aliphatic hydroxyl groups is 1. The van der Waals surface area contributed by atoms with Crippen LogP contribution in [0.1, 0.15) is 25.7 Å². The number of aliphatic hydroxyl groups excluding tert-OH is 1. The van der Waals surface area contributed by atoms with E-state index in [1.165, 1.54) is 0 Å². The van der Waals surface area contributed by atoms with Crippen LogP contribution >= 0.6 is 0 Å². The van der Waals surface area contributed by atoms with Gasteiger partial charge in [-0.2, -0.15) is 4.39 Å². The fourth-order valence-corrected chi connectivity index (χ4v) is 1.60. The molecule has 0 amide bonds. The molecule has 1 saturated carbocycles. The van der Waals surface area contributed by atoms with E-state index in [9.17, 15) is 9.18 Å². The van der Waals surface area contributed by atoms with E-state index in [0.29, 0.717) is 12.8 Å². The predicted molar refractivity (Wildman–Crippen MR) is 36.7 cm³/mol. The molecule has 1 N–H and O–H groups in total. The van der Waals surface area contributed by atoms with Crippen LogP contribution in [0.25, 0.3) is 0 Å². The third-order valence-electron chi connectivity index (χ3n) is 2.53. The van der Waals surface area contributed by atoms with Gasteiger partial charge in [-0.1, -0.05) is 0 Å². The van der Waals surface area contributed by atoms with E-state index < -0.39 is 11.6 Å². The van der Waals surface area contributed by atoms with Gasteiger partial charge in [-0.3, -0.25) is 4.79 Å². The average molecular weight is 156 g/mol. The Morgan fingerprint density at radius 2 is 2.00 bits per heavy atom. The van der Waals surface area contributed by atoms with Crippen LogP contribution in [0.2, 0.25) is 0 Å². The smallest absolute Gasteiger partial charge is 0.203 e. The van der Waals surface area contributed by atoms with Crippen LogP contribution in [-0.2, 0) is 4.79 Å². The quantitative estimate of drug-likeness (QED) is 0.581. The summed E-state index contributed by atoms with van der Waals surface area (Å²) in [5.74, 6) is -1.77. The SMILES string of the molecule is O=C1CC2(CC2)CC(O)=C1F. The van der Waals surface area contributed by atoms with Gasteiger partial charge < -0.3 is 5.11 Å². The van der Waals surface area contributed by atoms with Gasteiger partial charge in [0.15, 0.2) is 5.78 Å². The Balaban J connectivity index is 2.29. The molecule has 11 heavy (non-hydrogen) atoms. The normalized spacial score (nSPS) is 27.9. The minimum Gasteiger partial charge on any atom is -0.509 e. The van der Waals surface area contributed by atoms with Gasteiger partial charge >= 0.3 is 0 Å². The van der Waals surface area contributed by atoms with Gasteiger partial charge in [-0.15, -0.1) is 0 Å². The fourth-order valence-electron chi connectivity index (χ4n) is 1.60. The summed E-state index contributed by atoms with van der Waals surface area (Å²) in [5, 5.41) is 9.01. The molecule has 0 aromatic carbocycles. The summed E-state index contributed by atoms with van der Waals surface area (Å²) < 4.78 is 12.6. The lowest BCUT2D eigenvalue weighted by Crippen LogP contribution is -2.18. The lowest BCUT2D eigenvalue weighted by molar-refractivity contribution is -0.119. The lowest BCUT2D eigenvalue weighted by Gasteiger charge is -2.18. The van der Waals surface area contributed by atoms with Crippen LogP contribution in [0.15, 0.2) is 11.6 Å². The topological polar surface area (TPSA) is 37.3 Å². The molecule has 0 radical (unpaired) electrons. The maximum atomic E-state index is 12.6. The van der Waals surface area contributed by atoms with Crippen LogP contribution in [0.5, 0.6) is 0 Å². The highest BCUT2D eigenvalue weighted by molar-refractivity contribution is 5.95. The predicted octanol–water partition coefficient (Wildman–Crippen LogP) is 1.87. The van der Waals surface area contributed by atoms with Crippen molar-refractivity contribution in [2.45, 2.75) is 25.7 Å². The van der Waals surface area contributed by atoms with E-state index >= 15 is 0 Å². The van der Waals surface area contributed by atoms with Crippen molar-refractivity contribution in [2.24, 2.45) is 5.41 Å². The van der Waals surface area contributed by atoms with Crippen LogP contribution in [0, 0.1) is 5.41 Å². The average Bonchev–Trinajstić information content (AvgIpc) is 2.65. The number of hydrogen-bond acceptors (Lipinski definition) is 2. The minimum absolute atomic E-state index is 0.0449. The molecule has 0 atom stereocenters. The molecular weight excluding hydrogens is 147 g/mol. The Bertz CT molecular complexity index is 251. The summed E-state index contributed by atoms with van der Waals surface area (Å²) in [6.45, 7) is 0. The first-order valence-electron chi connectivity index (χ1n) is 3.74. The van der Waals surface area contributed by atoms with E-state index in [1.54, 1.807) is 0 Å². The summed E-state index contributed by atoms with van der Waals surface area (Å²) >= 11 is 0. The Kier molecular flexibility index (Phi) is 1.14. The molecular formula is C8H9FO2. The second kappa shape index (κ2) is 1.84. The third-order valence-corrected chi connectivity index (χ3v) is 2.53. The number of allylic oxidation sites excluding steroid dienone is 2. The first-order valence-corrected chi connectivity index (χ1v) is 3.74. The van der Waals surface area contributed by atoms with Gasteiger partial charge in [0.1, 0.15) is 5.76 Å². The second-order valence-corrected chi connectivity index (χ2v) is 3.54. The van der Waals surface area contributed by atoms with Crippen LogP contribution in [0.4, 0.5) is 4.39 Å². The van der Waals surface area contributed by atoms with E-state index in [0.717, 1.165) is 12.8 Å². The van der Waals surface area contributed by atoms with Crippen molar-refractivity contribution < 1.29 is 14.3 Å². The molecule has 2 rings (SSSR count). The summed E-state index contributed by atoms with van der Waals surface area (Å²) in [4.78, 5) is 10.9. The highest BCUT2D eigenvalue weighted by Crippen LogP contribution is 2.56. The molecule has 2 aliphatic rings. The Morgan fingerprint density at radius 3 is 2.45 bits per heavy atom. The van der Waals surface area contributed by atoms with Gasteiger partial charge in [0, 0.05) is 12.8 Å². The molecule has 60 valence electrons. The Morgan fingerprint density at radius 1 is 1.36 bits per heavy atom. The van der Waals surface area contributed by atoms with Gasteiger partial charge in [-0.05, 0) is 18.3 Å². The molecule has 0 unspecified atom stereocenters. The molecule has 0 saturated heterocycles. The largest absolute Gasteiger partial charge is 0.509 e. The zero-order chi connectivity index (χ0) is 8.06. The monoisotopic (exact) mass is 156 g/mol. The van der Waals surface area contributed by atoms with Crippen molar-refractivity contribution in [1.82, 2.24) is 0 Å². The second-order valence-electron chi connectivity index (χ2n) is 3.54. The number of Topliss-reactive ketones (excluding diaryl/α,β-unsaturated/α-hetero) is 1. The van der Waals surface area contributed by atoms with Gasteiger partial charge in [0.25, 0.3) is 0 Å². The maximum absolute atomic E-state index is 12.6. The van der Waals surface area contributed by atoms with Gasteiger partial charge in [0.2, 0.25) is 5.83 Å². The molecule has 0 heterocycles. The minimum atomic E-state index is -0.914. The van der Waals surface area contributed by atoms with Gasteiger partial charge in [-0.25, -0.2) is 0 Å². The summed E-state index contributed by atoms with van der Waals surface area (Å²) in [6.07, 6.45) is 2.57. The molecule has 0 aromatic heterocycles. The summed E-state index contributed by atoms with van der Waals surface area (Å²) in [6, 6.07) is 0.